The first-order valence-electron chi connectivity index (χ1n) is 8.58. The van der Waals surface area contributed by atoms with E-state index in [1.165, 1.54) is 5.41 Å². The number of likely N-dealkylation sites (tertiary alicyclic amines) is 1. The van der Waals surface area contributed by atoms with Crippen LogP contribution in [0.4, 0.5) is 0 Å². The fourth-order valence-corrected chi connectivity index (χ4v) is 4.86. The molecular weight excluding hydrogens is 328 g/mol. The Morgan fingerprint density at radius 1 is 1.29 bits per heavy atom. The zero-order valence-electron chi connectivity index (χ0n) is 14.1. The van der Waals surface area contributed by atoms with E-state index in [0.717, 1.165) is 44.0 Å². The summed E-state index contributed by atoms with van der Waals surface area (Å²) in [5, 5.41) is 15.1. The molecule has 24 heavy (non-hydrogen) atoms. The minimum atomic E-state index is -3.05. The zero-order chi connectivity index (χ0) is 17.2. The summed E-state index contributed by atoms with van der Waals surface area (Å²) in [5.41, 5.74) is 0. The van der Waals surface area contributed by atoms with Crippen LogP contribution in [0, 0.1) is 11.8 Å². The minimum absolute atomic E-state index is 0.00281. The van der Waals surface area contributed by atoms with Crippen LogP contribution in [0.3, 0.4) is 0 Å². The van der Waals surface area contributed by atoms with Crippen molar-refractivity contribution in [2.24, 2.45) is 11.8 Å². The van der Waals surface area contributed by atoms with Crippen molar-refractivity contribution < 1.29 is 13.5 Å². The molecule has 1 aromatic heterocycles. The van der Waals surface area contributed by atoms with Crippen molar-refractivity contribution in [1.29, 1.82) is 0 Å². The summed E-state index contributed by atoms with van der Waals surface area (Å²) in [6, 6.07) is 0. The molecule has 3 rings (SSSR count). The lowest BCUT2D eigenvalue weighted by Gasteiger charge is -2.28. The van der Waals surface area contributed by atoms with Gasteiger partial charge < -0.3 is 10.0 Å². The number of aliphatic hydroxyl groups is 1. The van der Waals surface area contributed by atoms with Crippen molar-refractivity contribution >= 4 is 9.84 Å². The lowest BCUT2D eigenvalue weighted by Crippen LogP contribution is -2.31. The van der Waals surface area contributed by atoms with Crippen molar-refractivity contribution in [3.63, 3.8) is 0 Å². The number of nitrogens with zero attached hydrogens (tertiary/aromatic N) is 4. The quantitative estimate of drug-likeness (QED) is 0.788. The molecule has 1 atom stereocenters. The second kappa shape index (κ2) is 7.33. The highest BCUT2D eigenvalue weighted by molar-refractivity contribution is 7.94. The normalized spacial score (nSPS) is 24.7. The van der Waals surface area contributed by atoms with E-state index in [0.29, 0.717) is 18.9 Å². The zero-order valence-corrected chi connectivity index (χ0v) is 15.0. The fraction of sp³-hybridized carbons (Fsp3) is 0.750. The highest BCUT2D eigenvalue weighted by Crippen LogP contribution is 2.22. The number of sulfone groups is 1. The molecule has 134 valence electrons. The Balaban J connectivity index is 1.67. The summed E-state index contributed by atoms with van der Waals surface area (Å²) in [4.78, 5) is 6.99. The van der Waals surface area contributed by atoms with Gasteiger partial charge in [0, 0.05) is 18.2 Å². The Hall–Kier alpha value is -1.25. The van der Waals surface area contributed by atoms with Gasteiger partial charge in [0.25, 0.3) is 0 Å². The van der Waals surface area contributed by atoms with Gasteiger partial charge in [-0.3, -0.25) is 0 Å². The lowest BCUT2D eigenvalue weighted by molar-refractivity contribution is 0.217. The van der Waals surface area contributed by atoms with Crippen molar-refractivity contribution in [3.05, 3.63) is 23.1 Å². The summed E-state index contributed by atoms with van der Waals surface area (Å²) in [7, 11) is -0.909. The lowest BCUT2D eigenvalue weighted by atomic mass is 9.93. The highest BCUT2D eigenvalue weighted by atomic mass is 32.2. The first-order chi connectivity index (χ1) is 11.4. The summed E-state index contributed by atoms with van der Waals surface area (Å²) in [6.07, 6.45) is 5.46. The van der Waals surface area contributed by atoms with E-state index in [-0.39, 0.29) is 18.3 Å². The van der Waals surface area contributed by atoms with Gasteiger partial charge in [0.1, 0.15) is 5.82 Å². The van der Waals surface area contributed by atoms with Crippen molar-refractivity contribution in [2.45, 2.75) is 32.2 Å². The number of aromatic nitrogens is 3. The number of allylic oxidation sites excluding steroid dienone is 1. The minimum Gasteiger partial charge on any atom is -0.394 e. The Morgan fingerprint density at radius 3 is 2.67 bits per heavy atom. The molecule has 0 aromatic carbocycles. The van der Waals surface area contributed by atoms with Gasteiger partial charge in [0.2, 0.25) is 0 Å². The van der Waals surface area contributed by atoms with Gasteiger partial charge >= 0.3 is 0 Å². The summed E-state index contributed by atoms with van der Waals surface area (Å²) < 4.78 is 24.9. The molecule has 0 amide bonds. The van der Waals surface area contributed by atoms with Crippen molar-refractivity contribution in [1.82, 2.24) is 19.7 Å². The number of hydrogen-bond donors (Lipinski definition) is 1. The molecule has 0 radical (unpaired) electrons. The van der Waals surface area contributed by atoms with Crippen LogP contribution in [0.2, 0.25) is 0 Å². The average molecular weight is 354 g/mol. The third-order valence-electron chi connectivity index (χ3n) is 4.86. The van der Waals surface area contributed by atoms with Crippen LogP contribution >= 0.6 is 0 Å². The van der Waals surface area contributed by atoms with Gasteiger partial charge in [-0.05, 0) is 44.8 Å². The smallest absolute Gasteiger partial charge is 0.171 e. The molecule has 8 heteroatoms. The Labute approximate surface area is 143 Å². The monoisotopic (exact) mass is 354 g/mol. The SMILES string of the molecule is CN1CCC(Cc2nc(C[C@@H]3C=CS(=O)(=O)C3)n(CCO)n2)CC1. The molecule has 1 saturated heterocycles. The van der Waals surface area contributed by atoms with Crippen LogP contribution in [0.25, 0.3) is 0 Å². The predicted molar refractivity (Wildman–Crippen MR) is 91.2 cm³/mol. The van der Waals surface area contributed by atoms with Crippen LogP contribution in [-0.4, -0.2) is 65.7 Å². The third-order valence-corrected chi connectivity index (χ3v) is 6.33. The maximum absolute atomic E-state index is 11.6. The fourth-order valence-electron chi connectivity index (χ4n) is 3.46. The van der Waals surface area contributed by atoms with E-state index in [4.69, 9.17) is 0 Å². The van der Waals surface area contributed by atoms with Gasteiger partial charge in [0.05, 0.1) is 18.9 Å². The van der Waals surface area contributed by atoms with Crippen LogP contribution in [-0.2, 0) is 29.2 Å². The number of piperidine rings is 1. The van der Waals surface area contributed by atoms with Crippen LogP contribution in [0.5, 0.6) is 0 Å². The van der Waals surface area contributed by atoms with Crippen LogP contribution < -0.4 is 0 Å². The van der Waals surface area contributed by atoms with E-state index in [2.05, 4.69) is 22.0 Å². The molecule has 1 N–H and O–H groups in total. The molecule has 1 aromatic rings. The van der Waals surface area contributed by atoms with Crippen LogP contribution in [0.1, 0.15) is 24.5 Å². The van der Waals surface area contributed by atoms with E-state index < -0.39 is 9.84 Å². The average Bonchev–Trinajstić information content (AvgIpc) is 3.05. The Bertz CT molecular complexity index is 690. The molecule has 3 heterocycles. The highest BCUT2D eigenvalue weighted by Gasteiger charge is 2.25. The van der Waals surface area contributed by atoms with Gasteiger partial charge in [-0.25, -0.2) is 18.1 Å². The van der Waals surface area contributed by atoms with Crippen molar-refractivity contribution in [3.8, 4) is 0 Å². The molecule has 2 aliphatic heterocycles. The number of rotatable bonds is 6. The second-order valence-corrected chi connectivity index (χ2v) is 8.90. The standard InChI is InChI=1S/C16H26N4O3S/c1-19-5-2-13(3-6-19)10-15-17-16(20(18-15)7-8-21)11-14-4-9-24(22,23)12-14/h4,9,13-14,21H,2-3,5-8,10-12H2,1H3/t14-/m0/s1. The Kier molecular flexibility index (Phi) is 5.36. The third kappa shape index (κ3) is 4.43. The first kappa shape index (κ1) is 17.6. The summed E-state index contributed by atoms with van der Waals surface area (Å²) >= 11 is 0. The predicted octanol–water partition coefficient (Wildman–Crippen LogP) is 0.256. The maximum atomic E-state index is 11.6. The molecule has 0 spiro atoms. The van der Waals surface area contributed by atoms with E-state index in [9.17, 15) is 13.5 Å². The summed E-state index contributed by atoms with van der Waals surface area (Å²) in [6.45, 7) is 2.63. The van der Waals surface area contributed by atoms with Gasteiger partial charge in [-0.15, -0.1) is 0 Å². The van der Waals surface area contributed by atoms with E-state index >= 15 is 0 Å². The molecule has 7 nitrogen and oxygen atoms in total. The number of hydrogen-bond acceptors (Lipinski definition) is 6. The van der Waals surface area contributed by atoms with Crippen LogP contribution in [0.15, 0.2) is 11.5 Å². The molecule has 0 unspecified atom stereocenters. The van der Waals surface area contributed by atoms with E-state index in [1.54, 1.807) is 10.8 Å². The number of aliphatic hydroxyl groups excluding tert-OH is 1. The molecule has 2 aliphatic rings. The first-order valence-corrected chi connectivity index (χ1v) is 10.3. The molecular formula is C16H26N4O3S. The van der Waals surface area contributed by atoms with Gasteiger partial charge in [-0.1, -0.05) is 6.08 Å². The molecule has 0 saturated carbocycles. The van der Waals surface area contributed by atoms with E-state index in [1.807, 2.05) is 0 Å². The maximum Gasteiger partial charge on any atom is 0.171 e. The summed E-state index contributed by atoms with van der Waals surface area (Å²) in [5.74, 6) is 2.29. The Morgan fingerprint density at radius 2 is 2.04 bits per heavy atom. The van der Waals surface area contributed by atoms with Gasteiger partial charge in [-0.2, -0.15) is 5.10 Å². The van der Waals surface area contributed by atoms with Crippen molar-refractivity contribution in [2.75, 3.05) is 32.5 Å². The van der Waals surface area contributed by atoms with Gasteiger partial charge in [0.15, 0.2) is 15.7 Å². The molecule has 0 bridgehead atoms. The second-order valence-electron chi connectivity index (χ2n) is 6.96. The molecule has 0 aliphatic carbocycles. The largest absolute Gasteiger partial charge is 0.394 e. The molecule has 1 fully saturated rings. The topological polar surface area (TPSA) is 88.3 Å².